The summed E-state index contributed by atoms with van der Waals surface area (Å²) in [7, 11) is 0. The first-order valence-corrected chi connectivity index (χ1v) is 6.89. The van der Waals surface area contributed by atoms with Crippen molar-refractivity contribution < 1.29 is 9.53 Å². The van der Waals surface area contributed by atoms with Crippen molar-refractivity contribution in [1.82, 2.24) is 0 Å². The Kier molecular flexibility index (Phi) is 4.21. The Balaban J connectivity index is 2.05. The summed E-state index contributed by atoms with van der Waals surface area (Å²) in [5.74, 6) is 1.52. The third kappa shape index (κ3) is 3.32. The van der Waals surface area contributed by atoms with E-state index in [1.807, 2.05) is 12.1 Å². The van der Waals surface area contributed by atoms with Crippen LogP contribution in [0.5, 0.6) is 5.75 Å². The van der Waals surface area contributed by atoms with Crippen molar-refractivity contribution in [3.63, 3.8) is 0 Å². The van der Waals surface area contributed by atoms with Gasteiger partial charge in [-0.05, 0) is 49.8 Å². The van der Waals surface area contributed by atoms with E-state index in [-0.39, 0.29) is 6.10 Å². The molecule has 1 saturated carbocycles. The Morgan fingerprint density at radius 3 is 2.65 bits per heavy atom. The van der Waals surface area contributed by atoms with Crippen molar-refractivity contribution in [2.45, 2.75) is 38.7 Å². The van der Waals surface area contributed by atoms with Gasteiger partial charge in [0, 0.05) is 4.47 Å². The summed E-state index contributed by atoms with van der Waals surface area (Å²) in [5, 5.41) is 0. The van der Waals surface area contributed by atoms with E-state index in [2.05, 4.69) is 22.9 Å². The van der Waals surface area contributed by atoms with E-state index in [4.69, 9.17) is 4.74 Å². The van der Waals surface area contributed by atoms with E-state index in [0.717, 1.165) is 29.5 Å². The Morgan fingerprint density at radius 2 is 2.00 bits per heavy atom. The van der Waals surface area contributed by atoms with Crippen molar-refractivity contribution in [2.24, 2.45) is 5.92 Å². The molecule has 0 aromatic heterocycles. The first-order valence-electron chi connectivity index (χ1n) is 6.10. The molecule has 0 saturated heterocycles. The minimum absolute atomic E-state index is 0.270. The summed E-state index contributed by atoms with van der Waals surface area (Å²) in [6.07, 6.45) is 5.75. The highest BCUT2D eigenvalue weighted by Crippen LogP contribution is 2.29. The van der Waals surface area contributed by atoms with E-state index >= 15 is 0 Å². The third-order valence-electron chi connectivity index (χ3n) is 3.36. The number of aldehydes is 1. The fraction of sp³-hybridized carbons (Fsp3) is 0.500. The first-order chi connectivity index (χ1) is 8.19. The van der Waals surface area contributed by atoms with Crippen molar-refractivity contribution in [3.8, 4) is 5.75 Å². The molecule has 0 amide bonds. The molecule has 0 atom stereocenters. The normalized spacial score (nSPS) is 24.4. The van der Waals surface area contributed by atoms with Gasteiger partial charge in [0.25, 0.3) is 0 Å². The summed E-state index contributed by atoms with van der Waals surface area (Å²) in [6, 6.07) is 5.58. The molecule has 0 N–H and O–H groups in total. The molecule has 0 spiro atoms. The third-order valence-corrected chi connectivity index (χ3v) is 3.85. The SMILES string of the molecule is CC1CCC(Oc2ccc(Br)cc2C=O)CC1. The van der Waals surface area contributed by atoms with Crippen LogP contribution in [0.25, 0.3) is 0 Å². The van der Waals surface area contributed by atoms with Crippen molar-refractivity contribution in [3.05, 3.63) is 28.2 Å². The summed E-state index contributed by atoms with van der Waals surface area (Å²) in [6.45, 7) is 2.28. The van der Waals surface area contributed by atoms with Gasteiger partial charge in [-0.1, -0.05) is 22.9 Å². The second kappa shape index (κ2) is 5.67. The molecular formula is C14H17BrO2. The number of ether oxygens (including phenoxy) is 1. The van der Waals surface area contributed by atoms with Crippen LogP contribution in [0.3, 0.4) is 0 Å². The molecule has 2 rings (SSSR count). The van der Waals surface area contributed by atoms with Crippen LogP contribution >= 0.6 is 15.9 Å². The van der Waals surface area contributed by atoms with Crippen molar-refractivity contribution in [1.29, 1.82) is 0 Å². The zero-order valence-corrected chi connectivity index (χ0v) is 11.6. The molecule has 0 bridgehead atoms. The zero-order valence-electron chi connectivity index (χ0n) is 9.99. The number of halogens is 1. The molecule has 0 unspecified atom stereocenters. The second-order valence-electron chi connectivity index (χ2n) is 4.80. The molecule has 92 valence electrons. The predicted molar refractivity (Wildman–Crippen MR) is 71.6 cm³/mol. The molecule has 3 heteroatoms. The average Bonchev–Trinajstić information content (AvgIpc) is 2.34. The van der Waals surface area contributed by atoms with Crippen molar-refractivity contribution in [2.75, 3.05) is 0 Å². The Hall–Kier alpha value is -0.830. The fourth-order valence-electron chi connectivity index (χ4n) is 2.25. The standard InChI is InChI=1S/C14H17BrO2/c1-10-2-5-13(6-3-10)17-14-7-4-12(15)8-11(14)9-16/h4,7-10,13H,2-3,5-6H2,1H3. The van der Waals surface area contributed by atoms with E-state index in [0.29, 0.717) is 11.3 Å². The van der Waals surface area contributed by atoms with Crippen LogP contribution in [0.4, 0.5) is 0 Å². The van der Waals surface area contributed by atoms with Crippen LogP contribution in [0.2, 0.25) is 0 Å². The number of carbonyl (C=O) groups excluding carboxylic acids is 1. The summed E-state index contributed by atoms with van der Waals surface area (Å²) >= 11 is 3.36. The van der Waals surface area contributed by atoms with E-state index in [9.17, 15) is 4.79 Å². The van der Waals surface area contributed by atoms with Gasteiger partial charge in [0.1, 0.15) is 5.75 Å². The fourth-order valence-corrected chi connectivity index (χ4v) is 2.62. The highest BCUT2D eigenvalue weighted by Gasteiger charge is 2.20. The lowest BCUT2D eigenvalue weighted by Crippen LogP contribution is -2.23. The topological polar surface area (TPSA) is 26.3 Å². The van der Waals surface area contributed by atoms with Gasteiger partial charge in [0.05, 0.1) is 11.7 Å². The van der Waals surface area contributed by atoms with Gasteiger partial charge >= 0.3 is 0 Å². The summed E-state index contributed by atoms with van der Waals surface area (Å²) in [5.41, 5.74) is 0.623. The number of hydrogen-bond acceptors (Lipinski definition) is 2. The van der Waals surface area contributed by atoms with Gasteiger partial charge in [0.2, 0.25) is 0 Å². The number of benzene rings is 1. The van der Waals surface area contributed by atoms with Crippen LogP contribution < -0.4 is 4.74 Å². The highest BCUT2D eigenvalue weighted by molar-refractivity contribution is 9.10. The number of carbonyl (C=O) groups is 1. The van der Waals surface area contributed by atoms with Gasteiger partial charge in [-0.15, -0.1) is 0 Å². The molecule has 1 aliphatic rings. The Morgan fingerprint density at radius 1 is 1.29 bits per heavy atom. The zero-order chi connectivity index (χ0) is 12.3. The van der Waals surface area contributed by atoms with Crippen LogP contribution in [0, 0.1) is 5.92 Å². The van der Waals surface area contributed by atoms with E-state index < -0.39 is 0 Å². The van der Waals surface area contributed by atoms with Crippen LogP contribution in [-0.2, 0) is 0 Å². The molecule has 1 aromatic carbocycles. The Bertz CT molecular complexity index is 395. The van der Waals surface area contributed by atoms with E-state index in [1.165, 1.54) is 12.8 Å². The highest BCUT2D eigenvalue weighted by atomic mass is 79.9. The monoisotopic (exact) mass is 296 g/mol. The summed E-state index contributed by atoms with van der Waals surface area (Å²) < 4.78 is 6.84. The minimum Gasteiger partial charge on any atom is -0.490 e. The maximum Gasteiger partial charge on any atom is 0.153 e. The van der Waals surface area contributed by atoms with Crippen molar-refractivity contribution >= 4 is 22.2 Å². The molecule has 0 heterocycles. The van der Waals surface area contributed by atoms with Gasteiger partial charge < -0.3 is 4.74 Å². The van der Waals surface area contributed by atoms with Gasteiger partial charge in [-0.25, -0.2) is 0 Å². The number of hydrogen-bond donors (Lipinski definition) is 0. The second-order valence-corrected chi connectivity index (χ2v) is 5.72. The van der Waals surface area contributed by atoms with Crippen LogP contribution in [0.1, 0.15) is 43.0 Å². The van der Waals surface area contributed by atoms with Gasteiger partial charge in [0.15, 0.2) is 6.29 Å². The quantitative estimate of drug-likeness (QED) is 0.781. The van der Waals surface area contributed by atoms with E-state index in [1.54, 1.807) is 6.07 Å². The predicted octanol–water partition coefficient (Wildman–Crippen LogP) is 4.22. The maximum atomic E-state index is 11.0. The molecule has 2 nitrogen and oxygen atoms in total. The van der Waals surface area contributed by atoms with Gasteiger partial charge in [-0.3, -0.25) is 4.79 Å². The molecule has 0 aliphatic heterocycles. The maximum absolute atomic E-state index is 11.0. The Labute approximate surface area is 110 Å². The molecule has 1 fully saturated rings. The lowest BCUT2D eigenvalue weighted by molar-refractivity contribution is 0.110. The lowest BCUT2D eigenvalue weighted by atomic mass is 9.89. The van der Waals surface area contributed by atoms with Crippen LogP contribution in [0.15, 0.2) is 22.7 Å². The molecule has 17 heavy (non-hydrogen) atoms. The van der Waals surface area contributed by atoms with Gasteiger partial charge in [-0.2, -0.15) is 0 Å². The smallest absolute Gasteiger partial charge is 0.153 e. The largest absolute Gasteiger partial charge is 0.490 e. The average molecular weight is 297 g/mol. The molecule has 1 aliphatic carbocycles. The minimum atomic E-state index is 0.270. The lowest BCUT2D eigenvalue weighted by Gasteiger charge is -2.27. The summed E-state index contributed by atoms with van der Waals surface area (Å²) in [4.78, 5) is 11.0. The molecular weight excluding hydrogens is 280 g/mol. The first kappa shape index (κ1) is 12.6. The molecule has 1 aromatic rings. The van der Waals surface area contributed by atoms with Crippen LogP contribution in [-0.4, -0.2) is 12.4 Å². The molecule has 0 radical (unpaired) electrons. The number of rotatable bonds is 3.